The fourth-order valence-electron chi connectivity index (χ4n) is 2.16. The molecule has 0 aromatic heterocycles. The third-order valence-corrected chi connectivity index (χ3v) is 4.29. The third-order valence-electron chi connectivity index (χ3n) is 3.10. The number of hydrogen-bond acceptors (Lipinski definition) is 5. The van der Waals surface area contributed by atoms with Gasteiger partial charge >= 0.3 is 0 Å². The molecule has 0 radical (unpaired) electrons. The maximum Gasteiger partial charge on any atom is 0.293 e. The van der Waals surface area contributed by atoms with Gasteiger partial charge in [0.25, 0.3) is 11.1 Å². The molecule has 2 amide bonds. The van der Waals surface area contributed by atoms with Crippen LogP contribution >= 0.6 is 23.4 Å². The van der Waals surface area contributed by atoms with Crippen LogP contribution < -0.4 is 9.47 Å². The van der Waals surface area contributed by atoms with E-state index >= 15 is 0 Å². The lowest BCUT2D eigenvalue weighted by molar-refractivity contribution is -0.122. The lowest BCUT2D eigenvalue weighted by Crippen LogP contribution is -2.27. The van der Waals surface area contributed by atoms with Crippen molar-refractivity contribution in [2.45, 2.75) is 13.8 Å². The fraction of sp³-hybridized carbons (Fsp3) is 0.294. The molecular formula is C17H18ClNO4S. The second-order valence-electron chi connectivity index (χ2n) is 4.78. The number of benzene rings is 1. The maximum atomic E-state index is 12.3. The van der Waals surface area contributed by atoms with Gasteiger partial charge in [-0.3, -0.25) is 14.5 Å². The second-order valence-corrected chi connectivity index (χ2v) is 6.18. The van der Waals surface area contributed by atoms with E-state index in [2.05, 4.69) is 6.58 Å². The van der Waals surface area contributed by atoms with Gasteiger partial charge in [-0.2, -0.15) is 0 Å². The van der Waals surface area contributed by atoms with Gasteiger partial charge in [0.2, 0.25) is 0 Å². The van der Waals surface area contributed by atoms with Crippen molar-refractivity contribution < 1.29 is 19.1 Å². The van der Waals surface area contributed by atoms with Crippen molar-refractivity contribution in [1.29, 1.82) is 0 Å². The molecule has 1 aromatic carbocycles. The highest BCUT2D eigenvalue weighted by Gasteiger charge is 2.34. The van der Waals surface area contributed by atoms with E-state index in [1.807, 2.05) is 13.8 Å². The lowest BCUT2D eigenvalue weighted by atomic mass is 10.1. The molecule has 2 rings (SSSR count). The van der Waals surface area contributed by atoms with Gasteiger partial charge in [0.15, 0.2) is 11.5 Å². The molecular weight excluding hydrogens is 350 g/mol. The number of amides is 2. The van der Waals surface area contributed by atoms with Gasteiger partial charge < -0.3 is 9.47 Å². The van der Waals surface area contributed by atoms with Crippen LogP contribution in [0.4, 0.5) is 4.79 Å². The van der Waals surface area contributed by atoms with Crippen LogP contribution in [0.15, 0.2) is 29.7 Å². The minimum atomic E-state index is -0.340. The molecule has 1 heterocycles. The highest BCUT2D eigenvalue weighted by Crippen LogP contribution is 2.39. The first-order valence-corrected chi connectivity index (χ1v) is 8.66. The van der Waals surface area contributed by atoms with E-state index in [1.165, 1.54) is 6.08 Å². The zero-order valence-electron chi connectivity index (χ0n) is 13.5. The Morgan fingerprint density at radius 2 is 1.96 bits per heavy atom. The summed E-state index contributed by atoms with van der Waals surface area (Å²) in [7, 11) is 0. The van der Waals surface area contributed by atoms with Gasteiger partial charge in [0.05, 0.1) is 23.1 Å². The SMILES string of the molecule is C=CCN1C(=O)S/C(=C/c2cc(Cl)c(OCC)c(OCC)c2)C1=O. The summed E-state index contributed by atoms with van der Waals surface area (Å²) < 4.78 is 11.1. The number of thioether (sulfide) groups is 1. The predicted molar refractivity (Wildman–Crippen MR) is 96.7 cm³/mol. The highest BCUT2D eigenvalue weighted by molar-refractivity contribution is 8.18. The van der Waals surface area contributed by atoms with Crippen LogP contribution in [0.25, 0.3) is 6.08 Å². The first-order valence-electron chi connectivity index (χ1n) is 7.47. The predicted octanol–water partition coefficient (Wildman–Crippen LogP) is 4.36. The molecule has 7 heteroatoms. The molecule has 0 atom stereocenters. The molecule has 0 spiro atoms. The zero-order chi connectivity index (χ0) is 17.7. The average molecular weight is 368 g/mol. The molecule has 0 N–H and O–H groups in total. The number of hydrogen-bond donors (Lipinski definition) is 0. The molecule has 0 saturated carbocycles. The van der Waals surface area contributed by atoms with Crippen molar-refractivity contribution in [3.8, 4) is 11.5 Å². The summed E-state index contributed by atoms with van der Waals surface area (Å²) in [5, 5.41) is 0.0765. The molecule has 5 nitrogen and oxygen atoms in total. The van der Waals surface area contributed by atoms with Crippen LogP contribution in [-0.2, 0) is 4.79 Å². The van der Waals surface area contributed by atoms with Gasteiger partial charge in [0.1, 0.15) is 0 Å². The molecule has 1 aromatic rings. The van der Waals surface area contributed by atoms with Gasteiger partial charge in [-0.1, -0.05) is 17.7 Å². The Balaban J connectivity index is 2.37. The number of halogens is 1. The Morgan fingerprint density at radius 3 is 2.58 bits per heavy atom. The number of nitrogens with zero attached hydrogens (tertiary/aromatic N) is 1. The molecule has 1 aliphatic heterocycles. The molecule has 1 saturated heterocycles. The molecule has 0 aliphatic carbocycles. The minimum Gasteiger partial charge on any atom is -0.490 e. The van der Waals surface area contributed by atoms with Gasteiger partial charge in [-0.25, -0.2) is 0 Å². The summed E-state index contributed by atoms with van der Waals surface area (Å²) in [5.74, 6) is 0.634. The number of imide groups is 1. The van der Waals surface area contributed by atoms with Crippen molar-refractivity contribution in [2.24, 2.45) is 0 Å². The smallest absolute Gasteiger partial charge is 0.293 e. The van der Waals surface area contributed by atoms with E-state index in [1.54, 1.807) is 18.2 Å². The maximum absolute atomic E-state index is 12.3. The summed E-state index contributed by atoms with van der Waals surface area (Å²) in [6, 6.07) is 3.42. The minimum absolute atomic E-state index is 0.191. The average Bonchev–Trinajstić information content (AvgIpc) is 2.79. The molecule has 0 unspecified atom stereocenters. The van der Waals surface area contributed by atoms with Crippen LogP contribution in [0.1, 0.15) is 19.4 Å². The van der Waals surface area contributed by atoms with Crippen LogP contribution in [0.2, 0.25) is 5.02 Å². The lowest BCUT2D eigenvalue weighted by Gasteiger charge is -2.13. The largest absolute Gasteiger partial charge is 0.490 e. The summed E-state index contributed by atoms with van der Waals surface area (Å²) in [6.07, 6.45) is 3.14. The standard InChI is InChI=1S/C17H18ClNO4S/c1-4-7-19-16(20)14(24-17(19)21)10-11-8-12(18)15(23-6-3)13(9-11)22-5-2/h4,8-10H,1,5-7H2,2-3H3/b14-10+. The first kappa shape index (κ1) is 18.4. The molecule has 24 heavy (non-hydrogen) atoms. The Bertz CT molecular complexity index is 702. The number of rotatable bonds is 7. The summed E-state index contributed by atoms with van der Waals surface area (Å²) >= 11 is 7.15. The van der Waals surface area contributed by atoms with E-state index in [4.69, 9.17) is 21.1 Å². The topological polar surface area (TPSA) is 55.8 Å². The highest BCUT2D eigenvalue weighted by atomic mass is 35.5. The van der Waals surface area contributed by atoms with Gasteiger partial charge in [0, 0.05) is 6.54 Å². The molecule has 1 aliphatic rings. The van der Waals surface area contributed by atoms with Crippen molar-refractivity contribution in [1.82, 2.24) is 4.90 Å². The molecule has 0 bridgehead atoms. The van der Waals surface area contributed by atoms with Crippen molar-refractivity contribution >= 4 is 40.6 Å². The molecule has 128 valence electrons. The Morgan fingerprint density at radius 1 is 1.25 bits per heavy atom. The third kappa shape index (κ3) is 3.94. The normalized spacial score (nSPS) is 16.0. The monoisotopic (exact) mass is 367 g/mol. The van der Waals surface area contributed by atoms with Crippen LogP contribution in [-0.4, -0.2) is 35.8 Å². The summed E-state index contributed by atoms with van der Waals surface area (Å²) in [4.78, 5) is 25.6. The van der Waals surface area contributed by atoms with Crippen LogP contribution in [0, 0.1) is 0 Å². The van der Waals surface area contributed by atoms with E-state index in [0.717, 1.165) is 16.7 Å². The van der Waals surface area contributed by atoms with E-state index in [9.17, 15) is 9.59 Å². The van der Waals surface area contributed by atoms with Crippen molar-refractivity contribution in [3.05, 3.63) is 40.3 Å². The quantitative estimate of drug-likeness (QED) is 0.529. The van der Waals surface area contributed by atoms with Crippen LogP contribution in [0.3, 0.4) is 0 Å². The summed E-state index contributed by atoms with van der Waals surface area (Å²) in [5.41, 5.74) is 0.663. The number of ether oxygens (including phenoxy) is 2. The van der Waals surface area contributed by atoms with Gasteiger partial charge in [-0.05, 0) is 49.4 Å². The van der Waals surface area contributed by atoms with Crippen LogP contribution in [0.5, 0.6) is 11.5 Å². The van der Waals surface area contributed by atoms with Crippen molar-refractivity contribution in [2.75, 3.05) is 19.8 Å². The number of carbonyl (C=O) groups excluding carboxylic acids is 2. The van der Waals surface area contributed by atoms with Gasteiger partial charge in [-0.15, -0.1) is 6.58 Å². The summed E-state index contributed by atoms with van der Waals surface area (Å²) in [6.45, 7) is 8.37. The Kier molecular flexibility index (Phi) is 6.34. The van der Waals surface area contributed by atoms with E-state index in [-0.39, 0.29) is 17.7 Å². The fourth-order valence-corrected chi connectivity index (χ4v) is 3.28. The molecule has 1 fully saturated rings. The van der Waals surface area contributed by atoms with E-state index < -0.39 is 0 Å². The first-order chi connectivity index (χ1) is 11.5. The number of carbonyl (C=O) groups is 2. The van der Waals surface area contributed by atoms with E-state index in [0.29, 0.717) is 40.2 Å². The Hall–Kier alpha value is -1.92. The second kappa shape index (κ2) is 8.26. The Labute approximate surface area is 150 Å². The zero-order valence-corrected chi connectivity index (χ0v) is 15.1. The van der Waals surface area contributed by atoms with Crippen molar-refractivity contribution in [3.63, 3.8) is 0 Å².